The summed E-state index contributed by atoms with van der Waals surface area (Å²) in [7, 11) is 0. The van der Waals surface area contributed by atoms with Crippen LogP contribution < -0.4 is 0 Å². The predicted octanol–water partition coefficient (Wildman–Crippen LogP) is 13.3. The first-order valence-electron chi connectivity index (χ1n) is 15.6. The van der Waals surface area contributed by atoms with Crippen molar-refractivity contribution in [1.29, 1.82) is 0 Å². The van der Waals surface area contributed by atoms with Crippen molar-refractivity contribution in [2.24, 2.45) is 0 Å². The van der Waals surface area contributed by atoms with Crippen LogP contribution in [0.5, 0.6) is 0 Å². The fourth-order valence-corrected chi connectivity index (χ4v) is 7.45. The molecule has 0 aliphatic heterocycles. The van der Waals surface area contributed by atoms with Gasteiger partial charge in [0.05, 0.1) is 5.56 Å². The molecule has 0 saturated carbocycles. The van der Waals surface area contributed by atoms with Gasteiger partial charge in [0.15, 0.2) is 17.5 Å². The molecule has 9 aromatic rings. The van der Waals surface area contributed by atoms with Crippen LogP contribution in [-0.4, -0.2) is 0 Å². The maximum atomic E-state index is 14.5. The maximum absolute atomic E-state index is 14.5. The van der Waals surface area contributed by atoms with E-state index in [4.69, 9.17) is 0 Å². The first-order chi connectivity index (χ1) is 23.7. The molecule has 0 amide bonds. The van der Waals surface area contributed by atoms with Gasteiger partial charge in [0.1, 0.15) is 0 Å². The summed E-state index contributed by atoms with van der Waals surface area (Å²) in [6.07, 6.45) is -4.40. The predicted molar refractivity (Wildman–Crippen MR) is 186 cm³/mol. The van der Waals surface area contributed by atoms with Gasteiger partial charge in [-0.1, -0.05) is 84.9 Å². The van der Waals surface area contributed by atoms with Crippen molar-refractivity contribution < 1.29 is 26.3 Å². The van der Waals surface area contributed by atoms with E-state index in [0.29, 0.717) is 11.1 Å². The van der Waals surface area contributed by atoms with Crippen molar-refractivity contribution in [3.63, 3.8) is 0 Å². The zero-order chi connectivity index (χ0) is 33.6. The Morgan fingerprint density at radius 1 is 0.367 bits per heavy atom. The van der Waals surface area contributed by atoms with Crippen LogP contribution in [-0.2, 0) is 6.18 Å². The van der Waals surface area contributed by atoms with Crippen LogP contribution in [0.25, 0.3) is 87.2 Å². The van der Waals surface area contributed by atoms with Crippen molar-refractivity contribution in [2.75, 3.05) is 0 Å². The Hall–Kier alpha value is -5.88. The van der Waals surface area contributed by atoms with Gasteiger partial charge in [0, 0.05) is 0 Å². The second kappa shape index (κ2) is 10.6. The standard InChI is InChI=1S/C43H22F6/c44-36-21-30(22-37(45)42(36)46)41-34-7-3-1-5-32(34)40(33-6-2-4-8-35(33)41)29-19-26-11-9-24-17-28(23-13-15-31(16-14-23)43(47,48)49)18-25-10-12-27(20-29)39(26)38(24)25/h1-22H. The quantitative estimate of drug-likeness (QED) is 0.0771. The third kappa shape index (κ3) is 4.55. The van der Waals surface area contributed by atoms with Gasteiger partial charge in [-0.2, -0.15) is 13.2 Å². The zero-order valence-corrected chi connectivity index (χ0v) is 25.5. The Balaban J connectivity index is 1.26. The van der Waals surface area contributed by atoms with Crippen molar-refractivity contribution >= 4 is 53.9 Å². The van der Waals surface area contributed by atoms with Crippen LogP contribution in [0.2, 0.25) is 0 Å². The molecule has 0 spiro atoms. The molecule has 0 N–H and O–H groups in total. The second-order valence-electron chi connectivity index (χ2n) is 12.4. The van der Waals surface area contributed by atoms with Crippen LogP contribution in [0.1, 0.15) is 5.56 Å². The lowest BCUT2D eigenvalue weighted by Crippen LogP contribution is -2.03. The highest BCUT2D eigenvalue weighted by Crippen LogP contribution is 2.46. The molecule has 0 atom stereocenters. The molecule has 0 fully saturated rings. The number of rotatable bonds is 3. The van der Waals surface area contributed by atoms with E-state index in [0.717, 1.165) is 94.8 Å². The fourth-order valence-electron chi connectivity index (χ4n) is 7.45. The van der Waals surface area contributed by atoms with Crippen molar-refractivity contribution in [1.82, 2.24) is 0 Å². The third-order valence-electron chi connectivity index (χ3n) is 9.57. The summed E-state index contributed by atoms with van der Waals surface area (Å²) in [5.41, 5.74) is 3.65. The van der Waals surface area contributed by atoms with E-state index in [1.807, 2.05) is 72.8 Å². The van der Waals surface area contributed by atoms with Crippen LogP contribution in [0.4, 0.5) is 26.3 Å². The van der Waals surface area contributed by atoms with E-state index in [9.17, 15) is 26.3 Å². The minimum absolute atomic E-state index is 0.251. The number of halogens is 6. The topological polar surface area (TPSA) is 0 Å². The molecule has 9 aromatic carbocycles. The normalized spacial score (nSPS) is 12.3. The first-order valence-corrected chi connectivity index (χ1v) is 15.6. The Labute approximate surface area is 275 Å². The number of benzene rings is 9. The molecule has 0 radical (unpaired) electrons. The number of fused-ring (bicyclic) bond motifs is 2. The van der Waals surface area contributed by atoms with Crippen molar-refractivity contribution in [3.8, 4) is 33.4 Å². The Bertz CT molecular complexity index is 2630. The molecular weight excluding hydrogens is 630 g/mol. The monoisotopic (exact) mass is 652 g/mol. The molecule has 0 aliphatic carbocycles. The van der Waals surface area contributed by atoms with E-state index >= 15 is 0 Å². The fraction of sp³-hybridized carbons (Fsp3) is 0.0233. The lowest BCUT2D eigenvalue weighted by molar-refractivity contribution is -0.137. The Morgan fingerprint density at radius 2 is 0.735 bits per heavy atom. The maximum Gasteiger partial charge on any atom is 0.416 e. The molecule has 49 heavy (non-hydrogen) atoms. The minimum Gasteiger partial charge on any atom is -0.204 e. The van der Waals surface area contributed by atoms with E-state index in [-0.39, 0.29) is 5.56 Å². The lowest BCUT2D eigenvalue weighted by atomic mass is 9.84. The Kier molecular flexibility index (Phi) is 6.31. The molecule has 6 heteroatoms. The van der Waals surface area contributed by atoms with Gasteiger partial charge in [-0.05, 0) is 136 Å². The molecule has 0 unspecified atom stereocenters. The summed E-state index contributed by atoms with van der Waals surface area (Å²) >= 11 is 0. The first kappa shape index (κ1) is 29.3. The summed E-state index contributed by atoms with van der Waals surface area (Å²) < 4.78 is 82.6. The molecule has 0 aliphatic rings. The largest absolute Gasteiger partial charge is 0.416 e. The molecule has 0 aromatic heterocycles. The average Bonchev–Trinajstić information content (AvgIpc) is 3.11. The van der Waals surface area contributed by atoms with Crippen LogP contribution in [0, 0.1) is 17.5 Å². The summed E-state index contributed by atoms with van der Waals surface area (Å²) in [5, 5.41) is 9.49. The summed E-state index contributed by atoms with van der Waals surface area (Å²) in [6.45, 7) is 0. The Morgan fingerprint density at radius 3 is 1.12 bits per heavy atom. The average molecular weight is 653 g/mol. The van der Waals surface area contributed by atoms with Crippen molar-refractivity contribution in [2.45, 2.75) is 6.18 Å². The summed E-state index contributed by atoms with van der Waals surface area (Å²) in [6, 6.07) is 39.3. The SMILES string of the molecule is Fc1cc(-c2c3ccccc3c(-c3cc4ccc5cc(-c6ccc(C(F)(F)F)cc6)cc6ccc(c3)c4c56)c3ccccc23)cc(F)c1F. The van der Waals surface area contributed by atoms with Gasteiger partial charge in [0.2, 0.25) is 0 Å². The minimum atomic E-state index is -4.40. The molecule has 236 valence electrons. The van der Waals surface area contributed by atoms with Gasteiger partial charge in [-0.15, -0.1) is 0 Å². The summed E-state index contributed by atoms with van der Waals surface area (Å²) in [4.78, 5) is 0. The number of alkyl halides is 3. The smallest absolute Gasteiger partial charge is 0.204 e. The van der Waals surface area contributed by atoms with E-state index < -0.39 is 29.2 Å². The van der Waals surface area contributed by atoms with Gasteiger partial charge in [-0.3, -0.25) is 0 Å². The lowest BCUT2D eigenvalue weighted by Gasteiger charge is -2.19. The molecule has 0 nitrogen and oxygen atoms in total. The van der Waals surface area contributed by atoms with Gasteiger partial charge in [-0.25, -0.2) is 13.2 Å². The molecule has 0 heterocycles. The molecule has 0 saturated heterocycles. The molecule has 9 rings (SSSR count). The highest BCUT2D eigenvalue weighted by Gasteiger charge is 2.30. The number of hydrogen-bond donors (Lipinski definition) is 0. The highest BCUT2D eigenvalue weighted by atomic mass is 19.4. The van der Waals surface area contributed by atoms with E-state index in [2.05, 4.69) is 24.3 Å². The van der Waals surface area contributed by atoms with Crippen LogP contribution in [0.15, 0.2) is 133 Å². The van der Waals surface area contributed by atoms with Crippen LogP contribution in [0.3, 0.4) is 0 Å². The number of hydrogen-bond acceptors (Lipinski definition) is 0. The summed E-state index contributed by atoms with van der Waals surface area (Å²) in [5.74, 6) is -3.99. The molecular formula is C43H22F6. The van der Waals surface area contributed by atoms with Gasteiger partial charge < -0.3 is 0 Å². The van der Waals surface area contributed by atoms with E-state index in [1.165, 1.54) is 12.1 Å². The van der Waals surface area contributed by atoms with E-state index in [1.54, 1.807) is 0 Å². The third-order valence-corrected chi connectivity index (χ3v) is 9.57. The zero-order valence-electron chi connectivity index (χ0n) is 25.5. The molecule has 0 bridgehead atoms. The van der Waals surface area contributed by atoms with Crippen LogP contribution >= 0.6 is 0 Å². The highest BCUT2D eigenvalue weighted by molar-refractivity contribution is 6.26. The second-order valence-corrected chi connectivity index (χ2v) is 12.4. The van der Waals surface area contributed by atoms with Gasteiger partial charge in [0.25, 0.3) is 0 Å². The van der Waals surface area contributed by atoms with Crippen molar-refractivity contribution in [3.05, 3.63) is 156 Å². The van der Waals surface area contributed by atoms with Gasteiger partial charge >= 0.3 is 6.18 Å².